The zero-order valence-corrected chi connectivity index (χ0v) is 15.6. The Bertz CT molecular complexity index is 1110. The lowest BCUT2D eigenvalue weighted by Gasteiger charge is -2.05. The molecule has 5 nitrogen and oxygen atoms in total. The Kier molecular flexibility index (Phi) is 4.42. The van der Waals surface area contributed by atoms with E-state index in [0.717, 1.165) is 34.1 Å². The van der Waals surface area contributed by atoms with Gasteiger partial charge >= 0.3 is 0 Å². The second kappa shape index (κ2) is 6.74. The lowest BCUT2D eigenvalue weighted by atomic mass is 10.1. The van der Waals surface area contributed by atoms with Crippen LogP contribution in [0.2, 0.25) is 0 Å². The van der Waals surface area contributed by atoms with Crippen LogP contribution in [0, 0.1) is 0 Å². The SMILES string of the molecule is O=CCCc1cn(S(=O)(=O)c2ccc(C3=COCC3)s2)c2ccccc12. The van der Waals surface area contributed by atoms with Gasteiger partial charge in [0.25, 0.3) is 10.0 Å². The van der Waals surface area contributed by atoms with E-state index in [0.29, 0.717) is 29.2 Å². The van der Waals surface area contributed by atoms with E-state index in [1.165, 1.54) is 15.3 Å². The molecular weight excluding hydrogens is 370 g/mol. The quantitative estimate of drug-likeness (QED) is 0.603. The summed E-state index contributed by atoms with van der Waals surface area (Å²) in [5.41, 5.74) is 2.52. The largest absolute Gasteiger partial charge is 0.501 e. The highest BCUT2D eigenvalue weighted by Crippen LogP contribution is 2.34. The van der Waals surface area contributed by atoms with Gasteiger partial charge in [0, 0.05) is 34.9 Å². The van der Waals surface area contributed by atoms with Crippen molar-refractivity contribution in [1.29, 1.82) is 0 Å². The lowest BCUT2D eigenvalue weighted by molar-refractivity contribution is -0.107. The first kappa shape index (κ1) is 17.1. The molecule has 0 saturated carbocycles. The molecule has 7 heteroatoms. The summed E-state index contributed by atoms with van der Waals surface area (Å²) in [5, 5.41) is 0.863. The van der Waals surface area contributed by atoms with Crippen LogP contribution in [0.25, 0.3) is 16.5 Å². The van der Waals surface area contributed by atoms with Crippen molar-refractivity contribution in [3.63, 3.8) is 0 Å². The molecule has 1 aliphatic heterocycles. The molecule has 0 amide bonds. The number of hydrogen-bond donors (Lipinski definition) is 0. The van der Waals surface area contributed by atoms with Gasteiger partial charge in [0.05, 0.1) is 18.4 Å². The van der Waals surface area contributed by atoms with Gasteiger partial charge in [0.15, 0.2) is 0 Å². The van der Waals surface area contributed by atoms with Crippen molar-refractivity contribution in [3.8, 4) is 0 Å². The summed E-state index contributed by atoms with van der Waals surface area (Å²) < 4.78 is 33.3. The molecule has 3 heterocycles. The number of rotatable bonds is 6. The molecule has 0 unspecified atom stereocenters. The van der Waals surface area contributed by atoms with Crippen LogP contribution < -0.4 is 0 Å². The van der Waals surface area contributed by atoms with Crippen LogP contribution in [-0.2, 0) is 26.0 Å². The van der Waals surface area contributed by atoms with Crippen LogP contribution in [0.4, 0.5) is 0 Å². The maximum absolute atomic E-state index is 13.2. The minimum Gasteiger partial charge on any atom is -0.501 e. The Morgan fingerprint density at radius 2 is 2.04 bits per heavy atom. The number of aryl methyl sites for hydroxylation is 1. The Balaban J connectivity index is 1.80. The van der Waals surface area contributed by atoms with E-state index < -0.39 is 10.0 Å². The lowest BCUT2D eigenvalue weighted by Crippen LogP contribution is -2.10. The summed E-state index contributed by atoms with van der Waals surface area (Å²) >= 11 is 1.25. The zero-order chi connectivity index (χ0) is 18.1. The highest BCUT2D eigenvalue weighted by molar-refractivity contribution is 7.92. The van der Waals surface area contributed by atoms with Crippen molar-refractivity contribution < 1.29 is 17.9 Å². The van der Waals surface area contributed by atoms with Gasteiger partial charge in [-0.1, -0.05) is 18.2 Å². The van der Waals surface area contributed by atoms with Gasteiger partial charge in [-0.15, -0.1) is 11.3 Å². The van der Waals surface area contributed by atoms with Gasteiger partial charge in [-0.3, -0.25) is 0 Å². The summed E-state index contributed by atoms with van der Waals surface area (Å²) in [6.07, 6.45) is 5.87. The Hall–Kier alpha value is -2.38. The third-order valence-corrected chi connectivity index (χ3v) is 7.72. The fraction of sp³-hybridized carbons (Fsp3) is 0.211. The van der Waals surface area contributed by atoms with Crippen LogP contribution in [0.3, 0.4) is 0 Å². The van der Waals surface area contributed by atoms with E-state index in [9.17, 15) is 13.2 Å². The number of aromatic nitrogens is 1. The number of para-hydroxylation sites is 1. The molecule has 0 N–H and O–H groups in total. The molecule has 134 valence electrons. The fourth-order valence-electron chi connectivity index (χ4n) is 3.13. The van der Waals surface area contributed by atoms with Gasteiger partial charge in [-0.05, 0) is 30.2 Å². The van der Waals surface area contributed by atoms with E-state index in [4.69, 9.17) is 4.74 Å². The second-order valence-electron chi connectivity index (χ2n) is 6.06. The van der Waals surface area contributed by atoms with Crippen LogP contribution in [0.1, 0.15) is 23.3 Å². The number of hydrogen-bond acceptors (Lipinski definition) is 5. The summed E-state index contributed by atoms with van der Waals surface area (Å²) in [7, 11) is -3.70. The average Bonchev–Trinajstić information content (AvgIpc) is 3.38. The van der Waals surface area contributed by atoms with E-state index in [-0.39, 0.29) is 0 Å². The number of thiophene rings is 1. The topological polar surface area (TPSA) is 65.4 Å². The van der Waals surface area contributed by atoms with E-state index in [1.807, 2.05) is 24.3 Å². The predicted molar refractivity (Wildman–Crippen MR) is 102 cm³/mol. The number of carbonyl (C=O) groups is 1. The van der Waals surface area contributed by atoms with Crippen molar-refractivity contribution in [2.45, 2.75) is 23.5 Å². The van der Waals surface area contributed by atoms with Crippen LogP contribution in [0.5, 0.6) is 0 Å². The van der Waals surface area contributed by atoms with Gasteiger partial charge in [-0.2, -0.15) is 8.42 Å². The van der Waals surface area contributed by atoms with Crippen LogP contribution in [-0.4, -0.2) is 25.3 Å². The van der Waals surface area contributed by atoms with E-state index >= 15 is 0 Å². The molecule has 0 saturated heterocycles. The summed E-state index contributed by atoms with van der Waals surface area (Å²) in [5.74, 6) is 0. The highest BCUT2D eigenvalue weighted by Gasteiger charge is 2.24. The fourth-order valence-corrected chi connectivity index (χ4v) is 5.95. The summed E-state index contributed by atoms with van der Waals surface area (Å²) in [6.45, 7) is 0.637. The number of benzene rings is 1. The average molecular weight is 387 g/mol. The van der Waals surface area contributed by atoms with Gasteiger partial charge < -0.3 is 9.53 Å². The van der Waals surface area contributed by atoms with Crippen molar-refractivity contribution in [1.82, 2.24) is 3.97 Å². The summed E-state index contributed by atoms with van der Waals surface area (Å²) in [6, 6.07) is 10.9. The molecule has 0 atom stereocenters. The molecular formula is C19H17NO4S2. The number of ether oxygens (including phenoxy) is 1. The predicted octanol–water partition coefficient (Wildman–Crippen LogP) is 3.83. The number of nitrogens with zero attached hydrogens (tertiary/aromatic N) is 1. The van der Waals surface area contributed by atoms with E-state index in [1.54, 1.807) is 24.6 Å². The third kappa shape index (κ3) is 2.87. The zero-order valence-electron chi connectivity index (χ0n) is 13.9. The second-order valence-corrected chi connectivity index (χ2v) is 9.19. The maximum atomic E-state index is 13.2. The number of fused-ring (bicyclic) bond motifs is 1. The first-order valence-corrected chi connectivity index (χ1v) is 10.6. The molecule has 3 aromatic rings. The summed E-state index contributed by atoms with van der Waals surface area (Å²) in [4.78, 5) is 11.6. The molecule has 0 aliphatic carbocycles. The minimum absolute atomic E-state index is 0.294. The van der Waals surface area contributed by atoms with Crippen molar-refractivity contribution in [2.24, 2.45) is 0 Å². The third-order valence-electron chi connectivity index (χ3n) is 4.42. The smallest absolute Gasteiger partial charge is 0.277 e. The molecule has 0 bridgehead atoms. The molecule has 1 aromatic carbocycles. The normalized spacial score (nSPS) is 14.4. The Labute approximate surface area is 155 Å². The number of aldehydes is 1. The number of carbonyl (C=O) groups excluding carboxylic acids is 1. The molecule has 26 heavy (non-hydrogen) atoms. The van der Waals surface area contributed by atoms with Crippen molar-refractivity contribution in [2.75, 3.05) is 6.61 Å². The van der Waals surface area contributed by atoms with E-state index in [2.05, 4.69) is 0 Å². The molecule has 2 aromatic heterocycles. The van der Waals surface area contributed by atoms with Gasteiger partial charge in [0.2, 0.25) is 0 Å². The molecule has 0 fully saturated rings. The Morgan fingerprint density at radius 1 is 1.19 bits per heavy atom. The van der Waals surface area contributed by atoms with Crippen LogP contribution in [0.15, 0.2) is 53.1 Å². The Morgan fingerprint density at radius 3 is 2.81 bits per heavy atom. The highest BCUT2D eigenvalue weighted by atomic mass is 32.2. The van der Waals surface area contributed by atoms with Gasteiger partial charge in [0.1, 0.15) is 10.5 Å². The molecule has 0 spiro atoms. The standard InChI is InChI=1S/C19H17NO4S2/c21-10-3-4-14-12-20(17-6-2-1-5-16(14)17)26(22,23)19-8-7-18(25-19)15-9-11-24-13-15/h1-2,5-8,10,12-13H,3-4,9,11H2. The maximum Gasteiger partial charge on any atom is 0.277 e. The van der Waals surface area contributed by atoms with Gasteiger partial charge in [-0.25, -0.2) is 3.97 Å². The molecule has 1 aliphatic rings. The van der Waals surface area contributed by atoms with Crippen molar-refractivity contribution >= 4 is 44.1 Å². The van der Waals surface area contributed by atoms with Crippen molar-refractivity contribution in [3.05, 3.63) is 59.3 Å². The minimum atomic E-state index is -3.70. The first-order valence-electron chi connectivity index (χ1n) is 8.30. The monoisotopic (exact) mass is 387 g/mol. The first-order chi connectivity index (χ1) is 12.6. The molecule has 4 rings (SSSR count). The van der Waals surface area contributed by atoms with Crippen LogP contribution >= 0.6 is 11.3 Å². The molecule has 0 radical (unpaired) electrons.